The van der Waals surface area contributed by atoms with Crippen LogP contribution in [-0.2, 0) is 18.4 Å². The smallest absolute Gasteiger partial charge is 0.254 e. The highest BCUT2D eigenvalue weighted by molar-refractivity contribution is 5.24. The third kappa shape index (κ3) is 1.39. The van der Waals surface area contributed by atoms with Crippen molar-refractivity contribution in [2.45, 2.75) is 45.6 Å². The van der Waals surface area contributed by atoms with Crippen molar-refractivity contribution in [1.29, 1.82) is 0 Å². The Labute approximate surface area is 84.6 Å². The van der Waals surface area contributed by atoms with Crippen LogP contribution in [0.25, 0.3) is 0 Å². The summed E-state index contributed by atoms with van der Waals surface area (Å²) in [5.74, 6) is 0. The van der Waals surface area contributed by atoms with Gasteiger partial charge in [-0.25, -0.2) is 0 Å². The second-order valence-corrected chi connectivity index (χ2v) is 5.05. The van der Waals surface area contributed by atoms with Crippen LogP contribution < -0.4 is 5.56 Å². The maximum absolute atomic E-state index is 12.1. The molecular weight excluding hydrogens is 174 g/mol. The van der Waals surface area contributed by atoms with Gasteiger partial charge in [0.2, 0.25) is 0 Å². The zero-order valence-electron chi connectivity index (χ0n) is 9.13. The molecule has 1 aliphatic rings. The number of fused-ring (bicyclic) bond motifs is 1. The maximum Gasteiger partial charge on any atom is 0.254 e. The summed E-state index contributed by atoms with van der Waals surface area (Å²) in [4.78, 5) is 12.1. The van der Waals surface area contributed by atoms with Gasteiger partial charge in [0.15, 0.2) is 0 Å². The van der Waals surface area contributed by atoms with Gasteiger partial charge in [0.05, 0.1) is 0 Å². The summed E-state index contributed by atoms with van der Waals surface area (Å²) >= 11 is 0. The van der Waals surface area contributed by atoms with Crippen LogP contribution in [0.1, 0.15) is 38.4 Å². The lowest BCUT2D eigenvalue weighted by Crippen LogP contribution is -2.29. The molecule has 0 spiro atoms. The number of hydrogen-bond acceptors (Lipinski definition) is 1. The van der Waals surface area contributed by atoms with Gasteiger partial charge >= 0.3 is 0 Å². The lowest BCUT2D eigenvalue weighted by molar-refractivity contribution is 0.567. The first-order valence-electron chi connectivity index (χ1n) is 5.23. The van der Waals surface area contributed by atoms with E-state index in [4.69, 9.17) is 0 Å². The minimum atomic E-state index is -0.0400. The highest BCUT2D eigenvalue weighted by atomic mass is 16.1. The van der Waals surface area contributed by atoms with Crippen LogP contribution in [0.3, 0.4) is 0 Å². The summed E-state index contributed by atoms with van der Waals surface area (Å²) < 4.78 is 1.93. The summed E-state index contributed by atoms with van der Waals surface area (Å²) in [6.07, 6.45) is 2.17. The minimum Gasteiger partial charge on any atom is -0.312 e. The average molecular weight is 191 g/mol. The molecule has 1 aromatic rings. The Hall–Kier alpha value is -1.05. The summed E-state index contributed by atoms with van der Waals surface area (Å²) in [5.41, 5.74) is 2.31. The first-order valence-corrected chi connectivity index (χ1v) is 5.23. The van der Waals surface area contributed by atoms with Gasteiger partial charge in [-0.05, 0) is 24.3 Å². The molecular formula is C12H17NO. The zero-order valence-corrected chi connectivity index (χ0v) is 9.13. The lowest BCUT2D eigenvalue weighted by Gasteiger charge is -2.19. The molecule has 0 amide bonds. The van der Waals surface area contributed by atoms with E-state index >= 15 is 0 Å². The first-order chi connectivity index (χ1) is 6.50. The topological polar surface area (TPSA) is 22.0 Å². The molecule has 0 atom stereocenters. The molecule has 0 N–H and O–H groups in total. The van der Waals surface area contributed by atoms with Gasteiger partial charge in [-0.15, -0.1) is 0 Å². The highest BCUT2D eigenvalue weighted by Gasteiger charge is 2.21. The van der Waals surface area contributed by atoms with Gasteiger partial charge in [-0.2, -0.15) is 0 Å². The molecule has 0 saturated carbocycles. The molecule has 0 radical (unpaired) electrons. The van der Waals surface area contributed by atoms with Gasteiger partial charge in [-0.1, -0.05) is 26.8 Å². The number of rotatable bonds is 0. The van der Waals surface area contributed by atoms with E-state index in [2.05, 4.69) is 26.8 Å². The van der Waals surface area contributed by atoms with Crippen LogP contribution in [0.2, 0.25) is 0 Å². The monoisotopic (exact) mass is 191 g/mol. The highest BCUT2D eigenvalue weighted by Crippen LogP contribution is 2.20. The lowest BCUT2D eigenvalue weighted by atomic mass is 9.88. The Balaban J connectivity index is 2.62. The van der Waals surface area contributed by atoms with E-state index in [-0.39, 0.29) is 11.0 Å². The van der Waals surface area contributed by atoms with Crippen LogP contribution >= 0.6 is 0 Å². The van der Waals surface area contributed by atoms with Crippen LogP contribution in [-0.4, -0.2) is 4.57 Å². The molecule has 14 heavy (non-hydrogen) atoms. The summed E-state index contributed by atoms with van der Waals surface area (Å²) in [7, 11) is 0. The molecule has 2 rings (SSSR count). The maximum atomic E-state index is 12.1. The van der Waals surface area contributed by atoms with Gasteiger partial charge < -0.3 is 4.57 Å². The van der Waals surface area contributed by atoms with E-state index in [1.54, 1.807) is 0 Å². The normalized spacial score (nSPS) is 15.6. The first kappa shape index (κ1) is 9.50. The third-order valence-electron chi connectivity index (χ3n) is 2.89. The molecule has 76 valence electrons. The van der Waals surface area contributed by atoms with Crippen LogP contribution in [0.5, 0.6) is 0 Å². The van der Waals surface area contributed by atoms with Crippen LogP contribution in [0, 0.1) is 0 Å². The Bertz CT molecular complexity index is 409. The number of hydrogen-bond donors (Lipinski definition) is 0. The molecule has 2 heterocycles. The van der Waals surface area contributed by atoms with Crippen molar-refractivity contribution in [2.24, 2.45) is 0 Å². The Morgan fingerprint density at radius 3 is 2.64 bits per heavy atom. The fourth-order valence-electron chi connectivity index (χ4n) is 2.07. The molecule has 0 aromatic carbocycles. The predicted molar refractivity (Wildman–Crippen MR) is 57.7 cm³/mol. The minimum absolute atomic E-state index is 0.0400. The van der Waals surface area contributed by atoms with Crippen molar-refractivity contribution in [1.82, 2.24) is 4.57 Å². The predicted octanol–water partition coefficient (Wildman–Crippen LogP) is 2.09. The van der Waals surface area contributed by atoms with Crippen molar-refractivity contribution in [3.63, 3.8) is 0 Å². The van der Waals surface area contributed by atoms with Crippen LogP contribution in [0.4, 0.5) is 0 Å². The van der Waals surface area contributed by atoms with E-state index in [0.717, 1.165) is 24.9 Å². The molecule has 0 aliphatic carbocycles. The van der Waals surface area contributed by atoms with E-state index in [1.807, 2.05) is 10.6 Å². The molecule has 0 fully saturated rings. The van der Waals surface area contributed by atoms with Crippen molar-refractivity contribution in [3.8, 4) is 0 Å². The van der Waals surface area contributed by atoms with Crippen molar-refractivity contribution in [3.05, 3.63) is 33.7 Å². The zero-order chi connectivity index (χ0) is 10.3. The third-order valence-corrected chi connectivity index (χ3v) is 2.89. The molecule has 0 bridgehead atoms. The van der Waals surface area contributed by atoms with E-state index < -0.39 is 0 Å². The van der Waals surface area contributed by atoms with Crippen molar-refractivity contribution in [2.75, 3.05) is 0 Å². The van der Waals surface area contributed by atoms with Gasteiger partial charge in [0.1, 0.15) is 0 Å². The molecule has 0 saturated heterocycles. The fourth-order valence-corrected chi connectivity index (χ4v) is 2.07. The van der Waals surface area contributed by atoms with Gasteiger partial charge in [0, 0.05) is 17.8 Å². The number of aromatic nitrogens is 1. The average Bonchev–Trinajstić information content (AvgIpc) is 2.50. The fraction of sp³-hybridized carbons (Fsp3) is 0.583. The quantitative estimate of drug-likeness (QED) is 0.615. The Morgan fingerprint density at radius 1 is 1.29 bits per heavy atom. The van der Waals surface area contributed by atoms with E-state index in [9.17, 15) is 4.79 Å². The molecule has 1 aliphatic heterocycles. The van der Waals surface area contributed by atoms with Crippen LogP contribution in [0.15, 0.2) is 16.9 Å². The number of pyridine rings is 1. The number of nitrogens with zero attached hydrogens (tertiary/aromatic N) is 1. The molecule has 2 heteroatoms. The largest absolute Gasteiger partial charge is 0.312 e. The summed E-state index contributed by atoms with van der Waals surface area (Å²) in [6, 6.07) is 4.11. The second kappa shape index (κ2) is 2.97. The SMILES string of the molecule is CC(C)(C)c1ccc2n(c1=O)CCC2. The summed E-state index contributed by atoms with van der Waals surface area (Å²) in [6.45, 7) is 7.17. The van der Waals surface area contributed by atoms with Gasteiger partial charge in [0.25, 0.3) is 5.56 Å². The molecule has 0 unspecified atom stereocenters. The number of aryl methyl sites for hydroxylation is 1. The van der Waals surface area contributed by atoms with Crippen molar-refractivity contribution < 1.29 is 0 Å². The van der Waals surface area contributed by atoms with Gasteiger partial charge in [-0.3, -0.25) is 4.79 Å². The van der Waals surface area contributed by atoms with E-state index in [0.29, 0.717) is 0 Å². The standard InChI is InChI=1S/C12H17NO/c1-12(2,3)10-7-6-9-5-4-8-13(9)11(10)14/h6-7H,4-5,8H2,1-3H3. The van der Waals surface area contributed by atoms with E-state index in [1.165, 1.54) is 5.69 Å². The Kier molecular flexibility index (Phi) is 2.02. The van der Waals surface area contributed by atoms with Crippen molar-refractivity contribution >= 4 is 0 Å². The second-order valence-electron chi connectivity index (χ2n) is 5.05. The molecule has 1 aromatic heterocycles. The molecule has 2 nitrogen and oxygen atoms in total. The Morgan fingerprint density at radius 2 is 2.00 bits per heavy atom. The summed E-state index contributed by atoms with van der Waals surface area (Å²) in [5, 5.41) is 0.